The minimum atomic E-state index is -0.495. The lowest BCUT2D eigenvalue weighted by atomic mass is 10.1. The van der Waals surface area contributed by atoms with Crippen molar-refractivity contribution in [2.45, 2.75) is 25.4 Å². The standard InChI is InChI=1S/C15H20N4O/c16-14(11-13-5-2-1-3-6-13)15(20)18-7-4-9-19-10-8-17-12-19/h1-3,5-6,8,10,12,14H,4,7,9,11,16H2,(H,18,20). The van der Waals surface area contributed by atoms with E-state index in [0.717, 1.165) is 18.5 Å². The molecule has 0 aliphatic carbocycles. The van der Waals surface area contributed by atoms with Gasteiger partial charge in [-0.05, 0) is 18.4 Å². The number of aromatic nitrogens is 2. The molecule has 5 nitrogen and oxygen atoms in total. The fourth-order valence-electron chi connectivity index (χ4n) is 1.98. The minimum absolute atomic E-state index is 0.0977. The number of rotatable bonds is 7. The maximum Gasteiger partial charge on any atom is 0.237 e. The molecule has 0 saturated heterocycles. The second kappa shape index (κ2) is 7.45. The van der Waals surface area contributed by atoms with E-state index in [1.807, 2.05) is 41.1 Å². The molecule has 0 fully saturated rings. The highest BCUT2D eigenvalue weighted by Crippen LogP contribution is 2.01. The molecule has 0 aliphatic rings. The number of carbonyl (C=O) groups excluding carboxylic acids is 1. The Morgan fingerprint density at radius 3 is 2.85 bits per heavy atom. The molecule has 3 N–H and O–H groups in total. The number of nitrogens with zero attached hydrogens (tertiary/aromatic N) is 2. The lowest BCUT2D eigenvalue weighted by Crippen LogP contribution is -2.42. The summed E-state index contributed by atoms with van der Waals surface area (Å²) >= 11 is 0. The van der Waals surface area contributed by atoms with Crippen LogP contribution < -0.4 is 11.1 Å². The van der Waals surface area contributed by atoms with Gasteiger partial charge in [0.25, 0.3) is 0 Å². The van der Waals surface area contributed by atoms with E-state index < -0.39 is 6.04 Å². The minimum Gasteiger partial charge on any atom is -0.355 e. The summed E-state index contributed by atoms with van der Waals surface area (Å²) in [7, 11) is 0. The molecule has 0 spiro atoms. The van der Waals surface area contributed by atoms with Crippen LogP contribution in [0.3, 0.4) is 0 Å². The molecule has 1 aromatic heterocycles. The first-order valence-electron chi connectivity index (χ1n) is 6.78. The van der Waals surface area contributed by atoms with Crippen molar-refractivity contribution in [2.24, 2.45) is 5.73 Å². The van der Waals surface area contributed by atoms with Gasteiger partial charge in [0.15, 0.2) is 0 Å². The molecule has 106 valence electrons. The number of aryl methyl sites for hydroxylation is 1. The Labute approximate surface area is 118 Å². The SMILES string of the molecule is NC(Cc1ccccc1)C(=O)NCCCn1ccnc1. The van der Waals surface area contributed by atoms with Gasteiger partial charge < -0.3 is 15.6 Å². The van der Waals surface area contributed by atoms with Gasteiger partial charge in [-0.25, -0.2) is 4.98 Å². The Hall–Kier alpha value is -2.14. The van der Waals surface area contributed by atoms with Gasteiger partial charge in [-0.1, -0.05) is 30.3 Å². The fourth-order valence-corrected chi connectivity index (χ4v) is 1.98. The maximum absolute atomic E-state index is 11.9. The fraction of sp³-hybridized carbons (Fsp3) is 0.333. The van der Waals surface area contributed by atoms with Gasteiger partial charge in [0.05, 0.1) is 12.4 Å². The molecular formula is C15H20N4O. The van der Waals surface area contributed by atoms with E-state index in [1.54, 1.807) is 12.5 Å². The van der Waals surface area contributed by atoms with Crippen LogP contribution in [0.1, 0.15) is 12.0 Å². The Morgan fingerprint density at radius 2 is 2.15 bits per heavy atom. The Morgan fingerprint density at radius 1 is 1.35 bits per heavy atom. The molecule has 0 saturated carbocycles. The summed E-state index contributed by atoms with van der Waals surface area (Å²) in [5.74, 6) is -0.0977. The van der Waals surface area contributed by atoms with Crippen LogP contribution in [0, 0.1) is 0 Å². The van der Waals surface area contributed by atoms with Crippen molar-refractivity contribution in [1.82, 2.24) is 14.9 Å². The van der Waals surface area contributed by atoms with Crippen molar-refractivity contribution in [2.75, 3.05) is 6.54 Å². The second-order valence-electron chi connectivity index (χ2n) is 4.74. The van der Waals surface area contributed by atoms with Crippen LogP contribution in [-0.4, -0.2) is 28.0 Å². The van der Waals surface area contributed by atoms with Crippen molar-refractivity contribution in [3.05, 3.63) is 54.6 Å². The van der Waals surface area contributed by atoms with E-state index in [4.69, 9.17) is 5.73 Å². The summed E-state index contributed by atoms with van der Waals surface area (Å²) in [6.07, 6.45) is 6.84. The van der Waals surface area contributed by atoms with Crippen LogP contribution in [0.4, 0.5) is 0 Å². The Bertz CT molecular complexity index is 510. The predicted molar refractivity (Wildman–Crippen MR) is 78.0 cm³/mol. The van der Waals surface area contributed by atoms with Crippen LogP contribution in [-0.2, 0) is 17.8 Å². The molecule has 2 rings (SSSR count). The van der Waals surface area contributed by atoms with Crippen molar-refractivity contribution < 1.29 is 4.79 Å². The van der Waals surface area contributed by atoms with Gasteiger partial charge in [0.1, 0.15) is 0 Å². The zero-order chi connectivity index (χ0) is 14.2. The van der Waals surface area contributed by atoms with E-state index in [-0.39, 0.29) is 5.91 Å². The molecule has 5 heteroatoms. The first kappa shape index (κ1) is 14.3. The Balaban J connectivity index is 1.66. The van der Waals surface area contributed by atoms with Gasteiger partial charge in [-0.3, -0.25) is 4.79 Å². The van der Waals surface area contributed by atoms with Crippen LogP contribution in [0.15, 0.2) is 49.1 Å². The van der Waals surface area contributed by atoms with Gasteiger partial charge in [-0.15, -0.1) is 0 Å². The van der Waals surface area contributed by atoms with E-state index in [0.29, 0.717) is 13.0 Å². The smallest absolute Gasteiger partial charge is 0.237 e. The van der Waals surface area contributed by atoms with Gasteiger partial charge in [0, 0.05) is 25.5 Å². The van der Waals surface area contributed by atoms with Crippen molar-refractivity contribution in [1.29, 1.82) is 0 Å². The second-order valence-corrected chi connectivity index (χ2v) is 4.74. The van der Waals surface area contributed by atoms with Crippen molar-refractivity contribution in [3.63, 3.8) is 0 Å². The molecule has 1 atom stereocenters. The summed E-state index contributed by atoms with van der Waals surface area (Å²) < 4.78 is 1.98. The summed E-state index contributed by atoms with van der Waals surface area (Å²) in [6, 6.07) is 9.31. The molecule has 0 bridgehead atoms. The van der Waals surface area contributed by atoms with E-state index in [2.05, 4.69) is 10.3 Å². The number of imidazole rings is 1. The summed E-state index contributed by atoms with van der Waals surface area (Å²) in [4.78, 5) is 15.8. The molecule has 0 aliphatic heterocycles. The highest BCUT2D eigenvalue weighted by Gasteiger charge is 2.12. The third-order valence-corrected chi connectivity index (χ3v) is 3.09. The number of carbonyl (C=O) groups is 1. The molecular weight excluding hydrogens is 252 g/mol. The van der Waals surface area contributed by atoms with E-state index in [1.165, 1.54) is 0 Å². The average molecular weight is 272 g/mol. The number of hydrogen-bond donors (Lipinski definition) is 2. The number of nitrogens with two attached hydrogens (primary N) is 1. The molecule has 1 unspecified atom stereocenters. The number of nitrogens with one attached hydrogen (secondary N) is 1. The normalized spacial score (nSPS) is 12.1. The topological polar surface area (TPSA) is 72.9 Å². The highest BCUT2D eigenvalue weighted by molar-refractivity contribution is 5.81. The average Bonchev–Trinajstić information content (AvgIpc) is 2.97. The maximum atomic E-state index is 11.9. The monoisotopic (exact) mass is 272 g/mol. The third kappa shape index (κ3) is 4.51. The quantitative estimate of drug-likeness (QED) is 0.737. The summed E-state index contributed by atoms with van der Waals surface area (Å²) in [5, 5.41) is 2.87. The molecule has 0 radical (unpaired) electrons. The van der Waals surface area contributed by atoms with Crippen LogP contribution in [0.25, 0.3) is 0 Å². The first-order valence-corrected chi connectivity index (χ1v) is 6.78. The van der Waals surface area contributed by atoms with Gasteiger partial charge >= 0.3 is 0 Å². The highest BCUT2D eigenvalue weighted by atomic mass is 16.2. The molecule has 1 aromatic carbocycles. The van der Waals surface area contributed by atoms with E-state index in [9.17, 15) is 4.79 Å². The first-order chi connectivity index (χ1) is 9.75. The van der Waals surface area contributed by atoms with E-state index >= 15 is 0 Å². The number of amides is 1. The van der Waals surface area contributed by atoms with Gasteiger partial charge in [-0.2, -0.15) is 0 Å². The largest absolute Gasteiger partial charge is 0.355 e. The summed E-state index contributed by atoms with van der Waals surface area (Å²) in [6.45, 7) is 1.47. The zero-order valence-corrected chi connectivity index (χ0v) is 11.4. The molecule has 1 amide bonds. The zero-order valence-electron chi connectivity index (χ0n) is 11.4. The lowest BCUT2D eigenvalue weighted by Gasteiger charge is -2.12. The van der Waals surface area contributed by atoms with Crippen molar-refractivity contribution >= 4 is 5.91 Å². The molecule has 20 heavy (non-hydrogen) atoms. The predicted octanol–water partition coefficient (Wildman–Crippen LogP) is 0.959. The molecule has 1 heterocycles. The lowest BCUT2D eigenvalue weighted by molar-refractivity contribution is -0.122. The van der Waals surface area contributed by atoms with Crippen molar-refractivity contribution in [3.8, 4) is 0 Å². The van der Waals surface area contributed by atoms with Crippen LogP contribution in [0.5, 0.6) is 0 Å². The molecule has 2 aromatic rings. The third-order valence-electron chi connectivity index (χ3n) is 3.09. The van der Waals surface area contributed by atoms with Crippen LogP contribution in [0.2, 0.25) is 0 Å². The number of benzene rings is 1. The summed E-state index contributed by atoms with van der Waals surface area (Å²) in [5.41, 5.74) is 6.98. The number of hydrogen-bond acceptors (Lipinski definition) is 3. The van der Waals surface area contributed by atoms with Crippen LogP contribution >= 0.6 is 0 Å². The Kier molecular flexibility index (Phi) is 5.32. The van der Waals surface area contributed by atoms with Gasteiger partial charge in [0.2, 0.25) is 5.91 Å².